The van der Waals surface area contributed by atoms with Crippen molar-refractivity contribution in [1.82, 2.24) is 0 Å². The lowest BCUT2D eigenvalue weighted by molar-refractivity contribution is -0.148. The molecule has 1 unspecified atom stereocenters. The van der Waals surface area contributed by atoms with Crippen LogP contribution in [0.1, 0.15) is 75.1 Å². The number of aliphatic carboxylic acids is 1. The number of aryl methyl sites for hydroxylation is 1. The van der Waals surface area contributed by atoms with Crippen LogP contribution in [0.5, 0.6) is 11.5 Å². The summed E-state index contributed by atoms with van der Waals surface area (Å²) in [5, 5.41) is 9.79. The number of benzene rings is 3. The molecule has 204 valence electrons. The Morgan fingerprint density at radius 2 is 1.79 bits per heavy atom. The van der Waals surface area contributed by atoms with Gasteiger partial charge in [-0.1, -0.05) is 38.1 Å². The van der Waals surface area contributed by atoms with Gasteiger partial charge in [-0.05, 0) is 115 Å². The molecule has 1 atom stereocenters. The molecule has 0 heterocycles. The first-order valence-corrected chi connectivity index (χ1v) is 13.7. The minimum absolute atomic E-state index is 0.0183. The highest BCUT2D eigenvalue weighted by Gasteiger charge is 2.41. The standard InChI is InChI=1S/C34H37FO4/c1-33(2)16-6-7-29(33)27-17-21(8-13-25(27)28-18-23(38-5)12-15-31(28)35)20-39-24-11-9-22-10-14-30(26(22)19-24)34(3,4)32(36)37/h7-9,11-13,15,17-19,30H,6,10,14,16,20H2,1-5H3,(H,36,37). The predicted molar refractivity (Wildman–Crippen MR) is 153 cm³/mol. The predicted octanol–water partition coefficient (Wildman–Crippen LogP) is 8.42. The number of carbonyl (C=O) groups is 1. The first kappa shape index (κ1) is 27.0. The molecular formula is C34H37FO4. The zero-order chi connectivity index (χ0) is 27.9. The second-order valence-corrected chi connectivity index (χ2v) is 12.0. The lowest BCUT2D eigenvalue weighted by Gasteiger charge is -2.28. The van der Waals surface area contributed by atoms with E-state index < -0.39 is 11.4 Å². The number of allylic oxidation sites excluding steroid dienone is 2. The number of carboxylic acid groups (broad SMARTS) is 1. The Kier molecular flexibility index (Phi) is 7.04. The summed E-state index contributed by atoms with van der Waals surface area (Å²) in [6.45, 7) is 8.43. The third-order valence-electron chi connectivity index (χ3n) is 8.71. The normalized spacial score (nSPS) is 18.0. The molecule has 0 fully saturated rings. The third-order valence-corrected chi connectivity index (χ3v) is 8.71. The van der Waals surface area contributed by atoms with E-state index in [2.05, 4.69) is 32.1 Å². The van der Waals surface area contributed by atoms with Gasteiger partial charge in [0.15, 0.2) is 0 Å². The van der Waals surface area contributed by atoms with Crippen molar-refractivity contribution < 1.29 is 23.8 Å². The first-order valence-electron chi connectivity index (χ1n) is 13.7. The summed E-state index contributed by atoms with van der Waals surface area (Å²) in [5.41, 5.74) is 6.00. The van der Waals surface area contributed by atoms with E-state index >= 15 is 4.39 Å². The van der Waals surface area contributed by atoms with Crippen molar-refractivity contribution in [3.05, 3.63) is 88.7 Å². The average Bonchev–Trinajstić information content (AvgIpc) is 3.50. The van der Waals surface area contributed by atoms with Gasteiger partial charge in [0, 0.05) is 11.5 Å². The van der Waals surface area contributed by atoms with Crippen LogP contribution in [-0.2, 0) is 17.8 Å². The van der Waals surface area contributed by atoms with Crippen LogP contribution >= 0.6 is 0 Å². The fourth-order valence-corrected chi connectivity index (χ4v) is 6.17. The molecule has 0 aromatic heterocycles. The second kappa shape index (κ2) is 10.2. The van der Waals surface area contributed by atoms with Crippen molar-refractivity contribution in [2.24, 2.45) is 10.8 Å². The Morgan fingerprint density at radius 3 is 2.49 bits per heavy atom. The summed E-state index contributed by atoms with van der Waals surface area (Å²) in [7, 11) is 1.59. The number of fused-ring (bicyclic) bond motifs is 1. The maximum absolute atomic E-state index is 15.1. The van der Waals surface area contributed by atoms with Crippen molar-refractivity contribution in [2.75, 3.05) is 7.11 Å². The molecule has 0 bridgehead atoms. The van der Waals surface area contributed by atoms with Gasteiger partial charge < -0.3 is 14.6 Å². The van der Waals surface area contributed by atoms with Gasteiger partial charge in [-0.2, -0.15) is 0 Å². The molecule has 2 aliphatic rings. The highest BCUT2D eigenvalue weighted by atomic mass is 19.1. The number of ether oxygens (including phenoxy) is 2. The van der Waals surface area contributed by atoms with Crippen LogP contribution in [0.2, 0.25) is 0 Å². The van der Waals surface area contributed by atoms with Crippen LogP contribution < -0.4 is 9.47 Å². The van der Waals surface area contributed by atoms with Gasteiger partial charge in [0.1, 0.15) is 23.9 Å². The van der Waals surface area contributed by atoms with Gasteiger partial charge in [-0.3, -0.25) is 4.79 Å². The lowest BCUT2D eigenvalue weighted by atomic mass is 9.75. The zero-order valence-corrected chi connectivity index (χ0v) is 23.4. The smallest absolute Gasteiger partial charge is 0.309 e. The maximum atomic E-state index is 15.1. The number of halogens is 1. The Labute approximate surface area is 230 Å². The fourth-order valence-electron chi connectivity index (χ4n) is 6.17. The molecule has 2 aliphatic carbocycles. The van der Waals surface area contributed by atoms with Crippen LogP contribution in [0.4, 0.5) is 4.39 Å². The maximum Gasteiger partial charge on any atom is 0.309 e. The minimum Gasteiger partial charge on any atom is -0.497 e. The first-order chi connectivity index (χ1) is 18.5. The van der Waals surface area contributed by atoms with Gasteiger partial charge in [0.05, 0.1) is 12.5 Å². The third kappa shape index (κ3) is 5.07. The highest BCUT2D eigenvalue weighted by Crippen LogP contribution is 2.48. The Hall–Kier alpha value is -3.60. The molecule has 0 spiro atoms. The van der Waals surface area contributed by atoms with Crippen molar-refractivity contribution in [2.45, 2.75) is 65.9 Å². The molecule has 3 aromatic rings. The van der Waals surface area contributed by atoms with Gasteiger partial charge >= 0.3 is 5.97 Å². The van der Waals surface area contributed by atoms with Crippen molar-refractivity contribution >= 4 is 11.5 Å². The van der Waals surface area contributed by atoms with Crippen LogP contribution in [-0.4, -0.2) is 18.2 Å². The van der Waals surface area contributed by atoms with E-state index in [0.717, 1.165) is 53.7 Å². The molecule has 5 heteroatoms. The number of hydrogen-bond donors (Lipinski definition) is 1. The van der Waals surface area contributed by atoms with Gasteiger partial charge in [-0.15, -0.1) is 0 Å². The summed E-state index contributed by atoms with van der Waals surface area (Å²) in [5.74, 6) is 0.233. The summed E-state index contributed by atoms with van der Waals surface area (Å²) in [6.07, 6.45) is 6.02. The van der Waals surface area contributed by atoms with Gasteiger partial charge in [-0.25, -0.2) is 4.39 Å². The Bertz CT molecular complexity index is 1450. The molecule has 0 radical (unpaired) electrons. The number of rotatable bonds is 8. The molecule has 39 heavy (non-hydrogen) atoms. The molecule has 0 saturated heterocycles. The summed E-state index contributed by atoms with van der Waals surface area (Å²) in [4.78, 5) is 11.9. The molecule has 4 nitrogen and oxygen atoms in total. The van der Waals surface area contributed by atoms with Crippen LogP contribution in [0, 0.1) is 16.6 Å². The van der Waals surface area contributed by atoms with E-state index in [1.165, 1.54) is 17.2 Å². The number of methoxy groups -OCH3 is 1. The van der Waals surface area contributed by atoms with E-state index in [-0.39, 0.29) is 17.2 Å². The zero-order valence-electron chi connectivity index (χ0n) is 23.4. The monoisotopic (exact) mass is 528 g/mol. The van der Waals surface area contributed by atoms with Crippen molar-refractivity contribution in [1.29, 1.82) is 0 Å². The largest absolute Gasteiger partial charge is 0.497 e. The Morgan fingerprint density at radius 1 is 1.03 bits per heavy atom. The topological polar surface area (TPSA) is 55.8 Å². The van der Waals surface area contributed by atoms with E-state index in [1.54, 1.807) is 33.1 Å². The quantitative estimate of drug-likeness (QED) is 0.319. The van der Waals surface area contributed by atoms with Crippen LogP contribution in [0.15, 0.2) is 60.7 Å². The molecule has 0 aliphatic heterocycles. The highest BCUT2D eigenvalue weighted by molar-refractivity contribution is 5.85. The van der Waals surface area contributed by atoms with Crippen molar-refractivity contribution in [3.8, 4) is 22.6 Å². The number of hydrogen-bond acceptors (Lipinski definition) is 3. The fraction of sp³-hybridized carbons (Fsp3) is 0.382. The van der Waals surface area contributed by atoms with E-state index in [0.29, 0.717) is 17.9 Å². The molecule has 1 N–H and O–H groups in total. The summed E-state index contributed by atoms with van der Waals surface area (Å²) < 4.78 is 26.7. The van der Waals surface area contributed by atoms with Gasteiger partial charge in [0.2, 0.25) is 0 Å². The second-order valence-electron chi connectivity index (χ2n) is 12.0. The average molecular weight is 529 g/mol. The van der Waals surface area contributed by atoms with Gasteiger partial charge in [0.25, 0.3) is 0 Å². The van der Waals surface area contributed by atoms with E-state index in [1.807, 2.05) is 24.3 Å². The molecular weight excluding hydrogens is 491 g/mol. The summed E-state index contributed by atoms with van der Waals surface area (Å²) >= 11 is 0. The summed E-state index contributed by atoms with van der Waals surface area (Å²) in [6, 6.07) is 17.0. The van der Waals surface area contributed by atoms with E-state index in [4.69, 9.17) is 9.47 Å². The van der Waals surface area contributed by atoms with Crippen molar-refractivity contribution in [3.63, 3.8) is 0 Å². The molecule has 5 rings (SSSR count). The molecule has 0 saturated carbocycles. The lowest BCUT2D eigenvalue weighted by Crippen LogP contribution is -2.30. The SMILES string of the molecule is COc1ccc(F)c(-c2ccc(COc3ccc4c(c3)C(C(C)(C)C(=O)O)CC4)cc2C2=CCCC2(C)C)c1. The Balaban J connectivity index is 1.46. The van der Waals surface area contributed by atoms with E-state index in [9.17, 15) is 9.90 Å². The number of carboxylic acids is 1. The minimum atomic E-state index is -0.841. The molecule has 3 aromatic carbocycles. The van der Waals surface area contributed by atoms with Crippen LogP contribution in [0.25, 0.3) is 16.7 Å². The molecule has 0 amide bonds. The van der Waals surface area contributed by atoms with Crippen LogP contribution in [0.3, 0.4) is 0 Å².